The van der Waals surface area contributed by atoms with Crippen LogP contribution in [0, 0.1) is 0 Å². The molecule has 0 bridgehead atoms. The number of rotatable bonds is 4. The first-order chi connectivity index (χ1) is 16.2. The Labute approximate surface area is 190 Å². The van der Waals surface area contributed by atoms with Gasteiger partial charge < -0.3 is 20.9 Å². The van der Waals surface area contributed by atoms with E-state index in [2.05, 4.69) is 0 Å². The molecule has 0 spiro atoms. The van der Waals surface area contributed by atoms with E-state index in [9.17, 15) is 28.8 Å². The molecule has 0 radical (unpaired) electrons. The van der Waals surface area contributed by atoms with Gasteiger partial charge in [0, 0.05) is 22.3 Å². The van der Waals surface area contributed by atoms with Gasteiger partial charge in [-0.2, -0.15) is 0 Å². The van der Waals surface area contributed by atoms with Crippen molar-refractivity contribution >= 4 is 35.7 Å². The average molecular weight is 456 g/mol. The fraction of sp³-hybridized carbons (Fsp3) is 0. The van der Waals surface area contributed by atoms with Crippen molar-refractivity contribution in [3.63, 3.8) is 0 Å². The third kappa shape index (κ3) is 2.89. The minimum atomic E-state index is -0.948. The lowest BCUT2D eigenvalue weighted by Crippen LogP contribution is -2.15. The molecule has 0 saturated carbocycles. The van der Waals surface area contributed by atoms with Gasteiger partial charge in [0.05, 0.1) is 22.3 Å². The van der Waals surface area contributed by atoms with Gasteiger partial charge in [-0.05, 0) is 41.5 Å². The van der Waals surface area contributed by atoms with Crippen LogP contribution in [-0.2, 0) is 9.47 Å². The molecule has 2 heterocycles. The van der Waals surface area contributed by atoms with Crippen molar-refractivity contribution < 1.29 is 38.2 Å². The van der Waals surface area contributed by atoms with Crippen LogP contribution in [0.3, 0.4) is 0 Å². The molecule has 2 aliphatic rings. The molecule has 10 heteroatoms. The SMILES string of the molecule is NC(=O)c1ccc2c(c1-c1cccc(-c3c(C(N)=O)ccc4c3C(=O)OC4=O)c1)C(=O)OC2=O. The molecule has 0 fully saturated rings. The fourth-order valence-electron chi connectivity index (χ4n) is 4.19. The number of benzene rings is 3. The van der Waals surface area contributed by atoms with Crippen molar-refractivity contribution in [1.82, 2.24) is 0 Å². The van der Waals surface area contributed by atoms with Crippen LogP contribution in [-0.4, -0.2) is 35.7 Å². The maximum absolute atomic E-state index is 12.4. The van der Waals surface area contributed by atoms with Crippen LogP contribution < -0.4 is 11.5 Å². The number of ether oxygens (including phenoxy) is 2. The standard InChI is InChI=1S/C24H12N2O8/c25-19(27)11-4-6-13-17(23(31)33-21(13)29)15(11)9-2-1-3-10(8-9)16-12(20(26)28)5-7-14-18(16)24(32)34-22(14)30/h1-8H,(H2,25,27)(H2,26,28). The van der Waals surface area contributed by atoms with Crippen LogP contribution in [0.1, 0.15) is 62.1 Å². The Morgan fingerprint density at radius 1 is 0.559 bits per heavy atom. The molecular weight excluding hydrogens is 444 g/mol. The quantitative estimate of drug-likeness (QED) is 0.442. The lowest BCUT2D eigenvalue weighted by molar-refractivity contribution is 0.0426. The molecule has 10 nitrogen and oxygen atoms in total. The molecular formula is C24H12N2O8. The zero-order valence-electron chi connectivity index (χ0n) is 17.0. The van der Waals surface area contributed by atoms with Gasteiger partial charge >= 0.3 is 23.9 Å². The number of cyclic esters (lactones) is 4. The zero-order valence-corrected chi connectivity index (χ0v) is 17.0. The molecule has 5 rings (SSSR count). The Morgan fingerprint density at radius 3 is 1.35 bits per heavy atom. The largest absolute Gasteiger partial charge is 0.386 e. The van der Waals surface area contributed by atoms with Crippen molar-refractivity contribution in [2.24, 2.45) is 11.5 Å². The number of hydrogen-bond donors (Lipinski definition) is 2. The highest BCUT2D eigenvalue weighted by Gasteiger charge is 2.37. The molecule has 166 valence electrons. The van der Waals surface area contributed by atoms with Gasteiger partial charge in [-0.3, -0.25) is 9.59 Å². The van der Waals surface area contributed by atoms with Crippen molar-refractivity contribution in [2.45, 2.75) is 0 Å². The first kappa shape index (κ1) is 20.8. The zero-order chi connectivity index (χ0) is 24.3. The Bertz CT molecular complexity index is 1430. The second-order valence-corrected chi connectivity index (χ2v) is 7.48. The third-order valence-electron chi connectivity index (χ3n) is 5.60. The maximum Gasteiger partial charge on any atom is 0.347 e. The van der Waals surface area contributed by atoms with E-state index in [0.717, 1.165) is 0 Å². The Hall–Kier alpha value is -5.12. The first-order valence-corrected chi connectivity index (χ1v) is 9.76. The molecule has 2 amide bonds. The van der Waals surface area contributed by atoms with Gasteiger partial charge in [0.25, 0.3) is 0 Å². The van der Waals surface area contributed by atoms with Crippen LogP contribution in [0.25, 0.3) is 22.3 Å². The summed E-state index contributed by atoms with van der Waals surface area (Å²) in [7, 11) is 0. The minimum Gasteiger partial charge on any atom is -0.386 e. The number of carbonyl (C=O) groups excluding carboxylic acids is 6. The fourth-order valence-corrected chi connectivity index (χ4v) is 4.19. The van der Waals surface area contributed by atoms with Crippen molar-refractivity contribution in [1.29, 1.82) is 0 Å². The lowest BCUT2D eigenvalue weighted by Gasteiger charge is -2.14. The number of esters is 4. The summed E-state index contributed by atoms with van der Waals surface area (Å²) in [6, 6.07) is 11.2. The molecule has 4 N–H and O–H groups in total. The summed E-state index contributed by atoms with van der Waals surface area (Å²) in [6.07, 6.45) is 0. The van der Waals surface area contributed by atoms with E-state index in [1.165, 1.54) is 48.5 Å². The topological polar surface area (TPSA) is 173 Å². The van der Waals surface area contributed by atoms with E-state index in [1.807, 2.05) is 0 Å². The van der Waals surface area contributed by atoms with Gasteiger partial charge in [-0.1, -0.05) is 18.2 Å². The first-order valence-electron chi connectivity index (χ1n) is 9.76. The minimum absolute atomic E-state index is 0.0389. The van der Waals surface area contributed by atoms with Crippen LogP contribution in [0.2, 0.25) is 0 Å². The van der Waals surface area contributed by atoms with Gasteiger partial charge in [0.15, 0.2) is 0 Å². The molecule has 0 unspecified atom stereocenters. The second-order valence-electron chi connectivity index (χ2n) is 7.48. The molecule has 3 aromatic rings. The summed E-state index contributed by atoms with van der Waals surface area (Å²) in [5.74, 6) is -5.35. The summed E-state index contributed by atoms with van der Waals surface area (Å²) in [4.78, 5) is 73.2. The van der Waals surface area contributed by atoms with Gasteiger partial charge in [0.2, 0.25) is 11.8 Å². The van der Waals surface area contributed by atoms with Crippen LogP contribution in [0.4, 0.5) is 0 Å². The molecule has 2 aliphatic heterocycles. The second kappa shape index (κ2) is 7.20. The van der Waals surface area contributed by atoms with Crippen molar-refractivity contribution in [3.8, 4) is 22.3 Å². The summed E-state index contributed by atoms with van der Waals surface area (Å²) in [5, 5.41) is 0. The number of nitrogens with two attached hydrogens (primary N) is 2. The number of primary amides is 2. The summed E-state index contributed by atoms with van der Waals surface area (Å²) < 4.78 is 9.38. The van der Waals surface area contributed by atoms with Gasteiger partial charge in [-0.15, -0.1) is 0 Å². The van der Waals surface area contributed by atoms with Crippen LogP contribution in [0.5, 0.6) is 0 Å². The molecule has 0 saturated heterocycles. The highest BCUT2D eigenvalue weighted by atomic mass is 16.6. The average Bonchev–Trinajstić information content (AvgIpc) is 3.26. The summed E-state index contributed by atoms with van der Waals surface area (Å²) in [5.41, 5.74) is 11.2. The normalized spacial score (nSPS) is 13.9. The molecule has 34 heavy (non-hydrogen) atoms. The molecule has 0 atom stereocenters. The third-order valence-corrected chi connectivity index (χ3v) is 5.60. The Balaban J connectivity index is 1.82. The smallest absolute Gasteiger partial charge is 0.347 e. The predicted octanol–water partition coefficient (Wildman–Crippen LogP) is 1.84. The van der Waals surface area contributed by atoms with E-state index >= 15 is 0 Å². The Morgan fingerprint density at radius 2 is 0.971 bits per heavy atom. The Kier molecular flexibility index (Phi) is 4.40. The number of carbonyl (C=O) groups is 6. The number of amides is 2. The van der Waals surface area contributed by atoms with E-state index in [1.54, 1.807) is 0 Å². The monoisotopic (exact) mass is 456 g/mol. The van der Waals surface area contributed by atoms with Gasteiger partial charge in [-0.25, -0.2) is 19.2 Å². The number of fused-ring (bicyclic) bond motifs is 2. The summed E-state index contributed by atoms with van der Waals surface area (Å²) >= 11 is 0. The van der Waals surface area contributed by atoms with Gasteiger partial charge in [0.1, 0.15) is 0 Å². The van der Waals surface area contributed by atoms with E-state index in [-0.39, 0.29) is 55.6 Å². The number of hydrogen-bond acceptors (Lipinski definition) is 8. The maximum atomic E-state index is 12.4. The van der Waals surface area contributed by atoms with E-state index in [4.69, 9.17) is 20.9 Å². The van der Waals surface area contributed by atoms with Crippen LogP contribution >= 0.6 is 0 Å². The summed E-state index contributed by atoms with van der Waals surface area (Å²) in [6.45, 7) is 0. The molecule has 0 aromatic heterocycles. The van der Waals surface area contributed by atoms with E-state index in [0.29, 0.717) is 0 Å². The molecule has 0 aliphatic carbocycles. The molecule has 3 aromatic carbocycles. The van der Waals surface area contributed by atoms with Crippen molar-refractivity contribution in [3.05, 3.63) is 81.9 Å². The predicted molar refractivity (Wildman–Crippen MR) is 114 cm³/mol. The van der Waals surface area contributed by atoms with Crippen LogP contribution in [0.15, 0.2) is 48.5 Å². The lowest BCUT2D eigenvalue weighted by atomic mass is 9.87. The van der Waals surface area contributed by atoms with E-state index < -0.39 is 35.7 Å². The highest BCUT2D eigenvalue weighted by Crippen LogP contribution is 2.39. The highest BCUT2D eigenvalue weighted by molar-refractivity contribution is 6.22. The van der Waals surface area contributed by atoms with Crippen molar-refractivity contribution in [2.75, 3.05) is 0 Å².